The molecule has 0 spiro atoms. The molecule has 0 fully saturated rings. The van der Waals surface area contributed by atoms with E-state index in [2.05, 4.69) is 60.7 Å². The lowest BCUT2D eigenvalue weighted by atomic mass is 9.98. The van der Waals surface area contributed by atoms with Crippen LogP contribution >= 0.6 is 0 Å². The Kier molecular flexibility index (Phi) is 9.07. The van der Waals surface area contributed by atoms with Crippen LogP contribution in [-0.4, -0.2) is 0 Å². The Morgan fingerprint density at radius 3 is 1.39 bits per heavy atom. The third kappa shape index (κ3) is 7.18. The molecule has 0 saturated carbocycles. The molecule has 0 N–H and O–H groups in total. The van der Waals surface area contributed by atoms with E-state index in [0.717, 1.165) is 18.4 Å². The number of nitriles is 2. The van der Waals surface area contributed by atoms with Crippen LogP contribution in [0.3, 0.4) is 0 Å². The zero-order valence-corrected chi connectivity index (χ0v) is 20.8. The van der Waals surface area contributed by atoms with E-state index in [4.69, 9.17) is 10.5 Å². The molecule has 0 bridgehead atoms. The van der Waals surface area contributed by atoms with Crippen LogP contribution in [-0.2, 0) is 12.8 Å². The standard InChI is InChI=1S/C34H32N2/c35-25-29-14-20-32(21-15-29)31-18-12-27(13-19-31)8-5-3-1-2-4-6-9-28-10-7-11-34(24-28)33-22-16-30(26-36)17-23-33/h7,10-24H,1-6,8-9H2. The zero-order valence-electron chi connectivity index (χ0n) is 20.8. The highest BCUT2D eigenvalue weighted by molar-refractivity contribution is 5.65. The maximum atomic E-state index is 8.98. The summed E-state index contributed by atoms with van der Waals surface area (Å²) in [6.45, 7) is 0. The molecule has 4 aromatic carbocycles. The minimum absolute atomic E-state index is 0.698. The van der Waals surface area contributed by atoms with Crippen molar-refractivity contribution >= 4 is 0 Å². The molecule has 4 rings (SSSR count). The second kappa shape index (κ2) is 13.1. The summed E-state index contributed by atoms with van der Waals surface area (Å²) < 4.78 is 0. The summed E-state index contributed by atoms with van der Waals surface area (Å²) in [6.07, 6.45) is 9.88. The van der Waals surface area contributed by atoms with Crippen molar-refractivity contribution in [1.82, 2.24) is 0 Å². The van der Waals surface area contributed by atoms with Gasteiger partial charge in [-0.3, -0.25) is 0 Å². The van der Waals surface area contributed by atoms with Gasteiger partial charge in [0, 0.05) is 0 Å². The summed E-state index contributed by atoms with van der Waals surface area (Å²) in [7, 11) is 0. The average molecular weight is 469 g/mol. The number of unbranched alkanes of at least 4 members (excludes halogenated alkanes) is 5. The van der Waals surface area contributed by atoms with E-state index < -0.39 is 0 Å². The third-order valence-electron chi connectivity index (χ3n) is 6.76. The number of hydrogen-bond donors (Lipinski definition) is 0. The highest BCUT2D eigenvalue weighted by Crippen LogP contribution is 2.23. The summed E-state index contributed by atoms with van der Waals surface area (Å²) in [4.78, 5) is 0. The highest BCUT2D eigenvalue weighted by Gasteiger charge is 2.02. The monoisotopic (exact) mass is 468 g/mol. The molecule has 0 aliphatic heterocycles. The van der Waals surface area contributed by atoms with Gasteiger partial charge in [0.25, 0.3) is 0 Å². The molecule has 0 heterocycles. The van der Waals surface area contributed by atoms with Crippen LogP contribution < -0.4 is 0 Å². The SMILES string of the molecule is N#Cc1ccc(-c2ccc(CCCCCCCCc3cccc(-c4ccc(C#N)cc4)c3)cc2)cc1. The molecule has 178 valence electrons. The lowest BCUT2D eigenvalue weighted by Crippen LogP contribution is -1.89. The third-order valence-corrected chi connectivity index (χ3v) is 6.76. The normalized spacial score (nSPS) is 10.5. The molecular formula is C34H32N2. The van der Waals surface area contributed by atoms with Crippen LogP contribution in [0, 0.1) is 22.7 Å². The van der Waals surface area contributed by atoms with Gasteiger partial charge in [-0.2, -0.15) is 10.5 Å². The molecule has 2 heteroatoms. The summed E-state index contributed by atoms with van der Waals surface area (Å²) in [5, 5.41) is 17.9. The molecule has 0 aromatic heterocycles. The van der Waals surface area contributed by atoms with Crippen molar-refractivity contribution in [2.24, 2.45) is 0 Å². The molecule has 0 aliphatic carbocycles. The topological polar surface area (TPSA) is 47.6 Å². The predicted molar refractivity (Wildman–Crippen MR) is 148 cm³/mol. The van der Waals surface area contributed by atoms with Crippen molar-refractivity contribution < 1.29 is 0 Å². The van der Waals surface area contributed by atoms with Crippen molar-refractivity contribution in [2.45, 2.75) is 51.4 Å². The highest BCUT2D eigenvalue weighted by atomic mass is 14.2. The zero-order chi connectivity index (χ0) is 25.0. The van der Waals surface area contributed by atoms with Crippen molar-refractivity contribution in [1.29, 1.82) is 10.5 Å². The maximum absolute atomic E-state index is 8.98. The summed E-state index contributed by atoms with van der Waals surface area (Å²) in [5.74, 6) is 0. The minimum atomic E-state index is 0.698. The first kappa shape index (κ1) is 25.0. The Bertz CT molecular complexity index is 1320. The van der Waals surface area contributed by atoms with E-state index >= 15 is 0 Å². The molecule has 4 aromatic rings. The molecule has 0 aliphatic rings. The van der Waals surface area contributed by atoms with Crippen molar-refractivity contribution in [3.05, 3.63) is 119 Å². The van der Waals surface area contributed by atoms with E-state index in [-0.39, 0.29) is 0 Å². The van der Waals surface area contributed by atoms with E-state index in [1.54, 1.807) is 0 Å². The van der Waals surface area contributed by atoms with Crippen molar-refractivity contribution in [2.75, 3.05) is 0 Å². The molecule has 2 nitrogen and oxygen atoms in total. The van der Waals surface area contributed by atoms with Crippen molar-refractivity contribution in [3.8, 4) is 34.4 Å². The van der Waals surface area contributed by atoms with Crippen LogP contribution in [0.2, 0.25) is 0 Å². The van der Waals surface area contributed by atoms with E-state index in [1.807, 2.05) is 48.5 Å². The number of rotatable bonds is 11. The Labute approximate surface area is 215 Å². The fraction of sp³-hybridized carbons (Fsp3) is 0.235. The van der Waals surface area contributed by atoms with Gasteiger partial charge >= 0.3 is 0 Å². The quantitative estimate of drug-likeness (QED) is 0.206. The Morgan fingerprint density at radius 2 is 0.861 bits per heavy atom. The Hall–Kier alpha value is -4.14. The van der Waals surface area contributed by atoms with Gasteiger partial charge in [0.05, 0.1) is 23.3 Å². The lowest BCUT2D eigenvalue weighted by Gasteiger charge is -2.07. The summed E-state index contributed by atoms with van der Waals surface area (Å²) in [6, 6.07) is 37.6. The Morgan fingerprint density at radius 1 is 0.417 bits per heavy atom. The summed E-state index contributed by atoms with van der Waals surface area (Å²) in [5.41, 5.74) is 8.93. The minimum Gasteiger partial charge on any atom is -0.192 e. The number of benzene rings is 4. The van der Waals surface area contributed by atoms with Crippen LogP contribution in [0.25, 0.3) is 22.3 Å². The number of aryl methyl sites for hydroxylation is 2. The first-order valence-electron chi connectivity index (χ1n) is 12.9. The predicted octanol–water partition coefficient (Wildman–Crippen LogP) is 8.89. The first-order valence-corrected chi connectivity index (χ1v) is 12.9. The van der Waals surface area contributed by atoms with E-state index in [0.29, 0.717) is 11.1 Å². The van der Waals surface area contributed by atoms with Crippen LogP contribution in [0.5, 0.6) is 0 Å². The molecule has 36 heavy (non-hydrogen) atoms. The van der Waals surface area contributed by atoms with Gasteiger partial charge < -0.3 is 0 Å². The number of nitrogens with zero attached hydrogens (tertiary/aromatic N) is 2. The van der Waals surface area contributed by atoms with Gasteiger partial charge in [-0.1, -0.05) is 98.5 Å². The summed E-state index contributed by atoms with van der Waals surface area (Å²) >= 11 is 0. The van der Waals surface area contributed by atoms with Crippen molar-refractivity contribution in [3.63, 3.8) is 0 Å². The van der Waals surface area contributed by atoms with E-state index in [9.17, 15) is 0 Å². The Balaban J connectivity index is 1.12. The van der Waals surface area contributed by atoms with Crippen LogP contribution in [0.1, 0.15) is 60.8 Å². The van der Waals surface area contributed by atoms with Gasteiger partial charge in [0.1, 0.15) is 0 Å². The first-order chi connectivity index (χ1) is 17.7. The fourth-order valence-electron chi connectivity index (χ4n) is 4.61. The van der Waals surface area contributed by atoms with Crippen LogP contribution in [0.4, 0.5) is 0 Å². The molecular weight excluding hydrogens is 436 g/mol. The molecule has 0 atom stereocenters. The van der Waals surface area contributed by atoms with Gasteiger partial charge in [0.15, 0.2) is 0 Å². The second-order valence-electron chi connectivity index (χ2n) is 9.40. The van der Waals surface area contributed by atoms with Gasteiger partial charge in [-0.15, -0.1) is 0 Å². The number of hydrogen-bond acceptors (Lipinski definition) is 2. The molecule has 0 radical (unpaired) electrons. The molecule has 0 saturated heterocycles. The van der Waals surface area contributed by atoms with Crippen LogP contribution in [0.15, 0.2) is 97.1 Å². The van der Waals surface area contributed by atoms with E-state index in [1.165, 1.54) is 66.3 Å². The smallest absolute Gasteiger partial charge is 0.0991 e. The lowest BCUT2D eigenvalue weighted by molar-refractivity contribution is 0.594. The second-order valence-corrected chi connectivity index (χ2v) is 9.40. The maximum Gasteiger partial charge on any atom is 0.0991 e. The van der Waals surface area contributed by atoms with Gasteiger partial charge in [-0.05, 0) is 83.3 Å². The average Bonchev–Trinajstić information content (AvgIpc) is 2.95. The molecule has 0 amide bonds. The fourth-order valence-corrected chi connectivity index (χ4v) is 4.61. The molecule has 0 unspecified atom stereocenters. The largest absolute Gasteiger partial charge is 0.192 e. The van der Waals surface area contributed by atoms with Gasteiger partial charge in [-0.25, -0.2) is 0 Å². The van der Waals surface area contributed by atoms with Gasteiger partial charge in [0.2, 0.25) is 0 Å².